The molecule has 0 radical (unpaired) electrons. The van der Waals surface area contributed by atoms with Crippen molar-refractivity contribution in [3.8, 4) is 11.3 Å². The monoisotopic (exact) mass is 646 g/mol. The number of furan rings is 1. The first-order valence-electron chi connectivity index (χ1n) is 18.1. The number of rotatable bonds is 10. The molecule has 0 atom stereocenters. The van der Waals surface area contributed by atoms with Crippen molar-refractivity contribution in [3.05, 3.63) is 88.9 Å². The van der Waals surface area contributed by atoms with Gasteiger partial charge in [-0.1, -0.05) is 49.6 Å². The Bertz CT molecular complexity index is 1850. The van der Waals surface area contributed by atoms with Crippen LogP contribution in [0.5, 0.6) is 0 Å². The van der Waals surface area contributed by atoms with Gasteiger partial charge in [-0.3, -0.25) is 9.59 Å². The molecule has 0 bridgehead atoms. The molecule has 0 spiro atoms. The normalized spacial score (nSPS) is 18.1. The Balaban J connectivity index is 1.12. The fraction of sp³-hybridized carbons (Fsp3) is 0.439. The number of aromatic nitrogens is 1. The van der Waals surface area contributed by atoms with Crippen molar-refractivity contribution in [2.75, 3.05) is 7.05 Å². The van der Waals surface area contributed by atoms with Crippen LogP contribution in [0.2, 0.25) is 0 Å². The Morgan fingerprint density at radius 2 is 1.81 bits per heavy atom. The van der Waals surface area contributed by atoms with E-state index in [1.54, 1.807) is 13.1 Å². The molecule has 7 heteroatoms. The molecule has 48 heavy (non-hydrogen) atoms. The topological polar surface area (TPSA) is 98.4 Å². The molecule has 7 rings (SSSR count). The summed E-state index contributed by atoms with van der Waals surface area (Å²) in [6.07, 6.45) is 18.8. The lowest BCUT2D eigenvalue weighted by molar-refractivity contribution is -0.540. The van der Waals surface area contributed by atoms with Gasteiger partial charge in [0.05, 0.1) is 17.5 Å². The van der Waals surface area contributed by atoms with Crippen LogP contribution in [0.15, 0.2) is 65.3 Å². The number of carbonyl (C=O) groups excluding carboxylic acids is 2. The van der Waals surface area contributed by atoms with E-state index in [9.17, 15) is 14.7 Å². The number of amides is 1. The third kappa shape index (κ3) is 6.39. The van der Waals surface area contributed by atoms with E-state index >= 15 is 0 Å². The molecule has 3 heterocycles. The second kappa shape index (κ2) is 14.0. The van der Waals surface area contributed by atoms with Gasteiger partial charge < -0.3 is 19.4 Å². The minimum absolute atomic E-state index is 0.0972. The second-order valence-corrected chi connectivity index (χ2v) is 14.1. The SMILES string of the molecule is CNC(=O)/C=C/c1ccc(CCCC(=O)C2([NH+]=C(O)c3ccc4c(C5CCCCC5)c5n(c4c3)CCCc3occc3-5)CCCC2)cc1. The average Bonchev–Trinajstić information content (AvgIpc) is 3.84. The smallest absolute Gasteiger partial charge is 0.366 e. The molecule has 0 saturated heterocycles. The van der Waals surface area contributed by atoms with E-state index in [2.05, 4.69) is 45.2 Å². The summed E-state index contributed by atoms with van der Waals surface area (Å²) < 4.78 is 8.44. The van der Waals surface area contributed by atoms with Gasteiger partial charge >= 0.3 is 5.90 Å². The molecule has 3 N–H and O–H groups in total. The van der Waals surface area contributed by atoms with Crippen molar-refractivity contribution in [1.82, 2.24) is 9.88 Å². The van der Waals surface area contributed by atoms with Crippen molar-refractivity contribution in [1.29, 1.82) is 0 Å². The van der Waals surface area contributed by atoms with Gasteiger partial charge in [-0.05, 0) is 91.8 Å². The zero-order valence-electron chi connectivity index (χ0n) is 28.2. The summed E-state index contributed by atoms with van der Waals surface area (Å²) in [4.78, 5) is 28.7. The Morgan fingerprint density at radius 3 is 2.58 bits per heavy atom. The molecule has 1 amide bonds. The van der Waals surface area contributed by atoms with Crippen LogP contribution in [-0.2, 0) is 29.0 Å². The molecule has 250 valence electrons. The zero-order chi connectivity index (χ0) is 33.1. The molecular formula is C41H48N3O4+. The molecule has 3 aliphatic rings. The lowest BCUT2D eigenvalue weighted by Gasteiger charge is -2.23. The minimum atomic E-state index is -0.734. The first-order chi connectivity index (χ1) is 23.5. The Hall–Kier alpha value is -4.39. The first kappa shape index (κ1) is 32.2. The van der Waals surface area contributed by atoms with E-state index in [1.807, 2.05) is 24.5 Å². The maximum absolute atomic E-state index is 13.8. The number of aliphatic hydroxyl groups excluding tert-OH is 1. The van der Waals surface area contributed by atoms with Crippen molar-refractivity contribution in [2.24, 2.45) is 0 Å². The van der Waals surface area contributed by atoms with E-state index in [0.29, 0.717) is 12.3 Å². The van der Waals surface area contributed by atoms with Crippen molar-refractivity contribution >= 4 is 34.6 Å². The maximum Gasteiger partial charge on any atom is 0.366 e. The number of aryl methyl sites for hydroxylation is 3. The number of nitrogens with zero attached hydrogens (tertiary/aromatic N) is 1. The lowest BCUT2D eigenvalue weighted by atomic mass is 9.81. The van der Waals surface area contributed by atoms with E-state index < -0.39 is 5.54 Å². The van der Waals surface area contributed by atoms with Gasteiger partial charge in [-0.25, -0.2) is 0 Å². The number of carbonyl (C=O) groups is 2. The number of Topliss-reactive ketones (excluding diaryl/α,β-unsaturated/α-hetero) is 1. The summed E-state index contributed by atoms with van der Waals surface area (Å²) in [5.74, 6) is 1.76. The summed E-state index contributed by atoms with van der Waals surface area (Å²) in [5.41, 5.74) is 7.27. The Labute approximate surface area is 283 Å². The molecule has 7 nitrogen and oxygen atoms in total. The summed E-state index contributed by atoms with van der Waals surface area (Å²) in [7, 11) is 1.61. The number of hydrogen-bond acceptors (Lipinski definition) is 3. The average molecular weight is 647 g/mol. The van der Waals surface area contributed by atoms with E-state index in [0.717, 1.165) is 85.9 Å². The predicted molar refractivity (Wildman–Crippen MR) is 190 cm³/mol. The molecule has 2 saturated carbocycles. The third-order valence-corrected chi connectivity index (χ3v) is 11.0. The largest absolute Gasteiger partial charge is 0.469 e. The van der Waals surface area contributed by atoms with Crippen LogP contribution in [0.1, 0.15) is 111 Å². The van der Waals surface area contributed by atoms with Crippen LogP contribution >= 0.6 is 0 Å². The summed E-state index contributed by atoms with van der Waals surface area (Å²) >= 11 is 0. The van der Waals surface area contributed by atoms with Gasteiger partial charge in [0.1, 0.15) is 5.76 Å². The van der Waals surface area contributed by atoms with Gasteiger partial charge in [-0.15, -0.1) is 0 Å². The predicted octanol–water partition coefficient (Wildman–Crippen LogP) is 6.94. The first-order valence-corrected chi connectivity index (χ1v) is 18.1. The van der Waals surface area contributed by atoms with Crippen LogP contribution in [-0.4, -0.2) is 39.8 Å². The number of likely N-dealkylation sites (N-methyl/N-ethyl adjacent to an activating group) is 1. The van der Waals surface area contributed by atoms with Crippen LogP contribution in [0.4, 0.5) is 0 Å². The highest BCUT2D eigenvalue weighted by Gasteiger charge is 2.46. The summed E-state index contributed by atoms with van der Waals surface area (Å²) in [6.45, 7) is 0.915. The van der Waals surface area contributed by atoms with Gasteiger partial charge in [0.15, 0.2) is 0 Å². The van der Waals surface area contributed by atoms with Gasteiger partial charge in [-0.2, -0.15) is 4.99 Å². The Morgan fingerprint density at radius 1 is 1.02 bits per heavy atom. The number of nitrogens with one attached hydrogen (secondary N) is 2. The van der Waals surface area contributed by atoms with Crippen LogP contribution in [0.3, 0.4) is 0 Å². The summed E-state index contributed by atoms with van der Waals surface area (Å²) in [6, 6.07) is 16.6. The number of benzene rings is 2. The molecule has 2 aliphatic carbocycles. The molecule has 1 aliphatic heterocycles. The fourth-order valence-corrected chi connectivity index (χ4v) is 8.49. The standard InChI is InChI=1S/C41H47N3O4/c1-42-37(46)21-18-29-16-14-28(15-17-29)9-7-13-36(45)41(23-5-6-24-41)43-40(47)31-19-20-32-34(27-31)44-25-8-12-35-33(22-26-48-35)39(44)38(32)30-10-3-2-4-11-30/h14-22,26-27,30H,2-13,23-25H2,1H3,(H,42,46)(H,43,47)/p+1/b21-18+. The van der Waals surface area contributed by atoms with Crippen molar-refractivity contribution in [3.63, 3.8) is 0 Å². The summed E-state index contributed by atoms with van der Waals surface area (Å²) in [5, 5.41) is 15.5. The minimum Gasteiger partial charge on any atom is -0.469 e. The Kier molecular flexibility index (Phi) is 9.38. The van der Waals surface area contributed by atoms with Crippen LogP contribution < -0.4 is 10.3 Å². The lowest BCUT2D eigenvalue weighted by Crippen LogP contribution is -2.89. The van der Waals surface area contributed by atoms with Crippen LogP contribution in [0.25, 0.3) is 28.2 Å². The highest BCUT2D eigenvalue weighted by atomic mass is 16.3. The van der Waals surface area contributed by atoms with Gasteiger partial charge in [0.2, 0.25) is 17.2 Å². The molecule has 2 aromatic heterocycles. The highest BCUT2D eigenvalue weighted by Crippen LogP contribution is 2.46. The maximum atomic E-state index is 13.8. The number of hydrogen-bond donors (Lipinski definition) is 3. The van der Waals surface area contributed by atoms with Crippen molar-refractivity contribution < 1.29 is 24.1 Å². The highest BCUT2D eigenvalue weighted by molar-refractivity contribution is 5.99. The fourth-order valence-electron chi connectivity index (χ4n) is 8.49. The van der Waals surface area contributed by atoms with Crippen molar-refractivity contribution in [2.45, 2.75) is 108 Å². The van der Waals surface area contributed by atoms with E-state index in [4.69, 9.17) is 4.42 Å². The molecule has 4 aromatic rings. The second-order valence-electron chi connectivity index (χ2n) is 14.1. The third-order valence-electron chi connectivity index (χ3n) is 11.0. The van der Waals surface area contributed by atoms with Crippen LogP contribution in [0, 0.1) is 0 Å². The quantitative estimate of drug-likeness (QED) is 0.0988. The molecular weight excluding hydrogens is 598 g/mol. The zero-order valence-corrected chi connectivity index (χ0v) is 28.2. The van der Waals surface area contributed by atoms with E-state index in [1.165, 1.54) is 60.4 Å². The molecule has 2 fully saturated rings. The molecule has 2 aromatic carbocycles. The number of fused-ring (bicyclic) bond motifs is 5. The van der Waals surface area contributed by atoms with Gasteiger partial charge in [0, 0.05) is 61.8 Å². The molecule has 0 unspecified atom stereocenters. The van der Waals surface area contributed by atoms with E-state index in [-0.39, 0.29) is 17.6 Å². The van der Waals surface area contributed by atoms with Gasteiger partial charge in [0.25, 0.3) is 0 Å². The number of aliphatic hydroxyl groups is 1. The number of ketones is 1.